The average molecular weight is 259 g/mol. The van der Waals surface area contributed by atoms with Crippen LogP contribution in [0.5, 0.6) is 5.75 Å². The van der Waals surface area contributed by atoms with Crippen molar-refractivity contribution in [3.05, 3.63) is 29.3 Å². The Morgan fingerprint density at radius 3 is 3.00 bits per heavy atom. The minimum Gasteiger partial charge on any atom is -0.488 e. The molecular formula is C17H25NO. The van der Waals surface area contributed by atoms with Gasteiger partial charge in [-0.2, -0.15) is 0 Å². The van der Waals surface area contributed by atoms with Gasteiger partial charge in [0.25, 0.3) is 0 Å². The Kier molecular flexibility index (Phi) is 3.53. The topological polar surface area (TPSA) is 21.3 Å². The van der Waals surface area contributed by atoms with Crippen molar-refractivity contribution >= 4 is 0 Å². The van der Waals surface area contributed by atoms with Crippen LogP contribution in [-0.2, 0) is 12.8 Å². The fourth-order valence-electron chi connectivity index (χ4n) is 3.22. The summed E-state index contributed by atoms with van der Waals surface area (Å²) in [6, 6.07) is 7.46. The van der Waals surface area contributed by atoms with Crippen LogP contribution in [0, 0.1) is 0 Å². The van der Waals surface area contributed by atoms with Gasteiger partial charge in [0, 0.05) is 6.04 Å². The molecule has 1 N–H and O–H groups in total. The van der Waals surface area contributed by atoms with Gasteiger partial charge < -0.3 is 10.1 Å². The Morgan fingerprint density at radius 1 is 1.32 bits per heavy atom. The summed E-state index contributed by atoms with van der Waals surface area (Å²) in [5.41, 5.74) is 2.86. The van der Waals surface area contributed by atoms with Crippen LogP contribution in [-0.4, -0.2) is 18.2 Å². The largest absolute Gasteiger partial charge is 0.488 e. The maximum Gasteiger partial charge on any atom is 0.123 e. The van der Waals surface area contributed by atoms with Gasteiger partial charge in [0.15, 0.2) is 0 Å². The third-order valence-electron chi connectivity index (χ3n) is 4.40. The molecule has 0 spiro atoms. The first-order valence-corrected chi connectivity index (χ1v) is 7.67. The molecule has 0 amide bonds. The van der Waals surface area contributed by atoms with Crippen LogP contribution in [0.1, 0.15) is 50.7 Å². The lowest BCUT2D eigenvalue weighted by Gasteiger charge is -2.33. The Labute approximate surface area is 116 Å². The van der Waals surface area contributed by atoms with E-state index in [-0.39, 0.29) is 5.60 Å². The SMILES string of the molecule is CC1(C)CCc2cc(CC3CCCCN3)ccc2O1. The molecular weight excluding hydrogens is 234 g/mol. The van der Waals surface area contributed by atoms with Crippen LogP contribution in [0.4, 0.5) is 0 Å². The van der Waals surface area contributed by atoms with Gasteiger partial charge in [0.05, 0.1) is 0 Å². The Balaban J connectivity index is 1.71. The molecule has 2 aliphatic heterocycles. The van der Waals surface area contributed by atoms with E-state index in [1.807, 2.05) is 0 Å². The van der Waals surface area contributed by atoms with Gasteiger partial charge in [0.2, 0.25) is 0 Å². The van der Waals surface area contributed by atoms with Gasteiger partial charge in [-0.15, -0.1) is 0 Å². The second-order valence-corrected chi connectivity index (χ2v) is 6.65. The lowest BCUT2D eigenvalue weighted by molar-refractivity contribution is 0.0846. The number of hydrogen-bond acceptors (Lipinski definition) is 2. The van der Waals surface area contributed by atoms with E-state index in [9.17, 15) is 0 Å². The fraction of sp³-hybridized carbons (Fsp3) is 0.647. The van der Waals surface area contributed by atoms with Crippen molar-refractivity contribution in [3.63, 3.8) is 0 Å². The van der Waals surface area contributed by atoms with E-state index in [0.717, 1.165) is 25.0 Å². The van der Waals surface area contributed by atoms with Crippen LogP contribution in [0.25, 0.3) is 0 Å². The second-order valence-electron chi connectivity index (χ2n) is 6.65. The summed E-state index contributed by atoms with van der Waals surface area (Å²) in [5, 5.41) is 3.63. The second kappa shape index (κ2) is 5.16. The molecule has 19 heavy (non-hydrogen) atoms. The molecule has 2 nitrogen and oxygen atoms in total. The van der Waals surface area contributed by atoms with Crippen molar-refractivity contribution in [1.82, 2.24) is 5.32 Å². The number of piperidine rings is 1. The molecule has 0 aliphatic carbocycles. The van der Waals surface area contributed by atoms with E-state index in [0.29, 0.717) is 6.04 Å². The minimum absolute atomic E-state index is 0.000554. The van der Waals surface area contributed by atoms with E-state index in [4.69, 9.17) is 4.74 Å². The zero-order valence-electron chi connectivity index (χ0n) is 12.2. The summed E-state index contributed by atoms with van der Waals surface area (Å²) in [5.74, 6) is 1.09. The summed E-state index contributed by atoms with van der Waals surface area (Å²) < 4.78 is 6.05. The van der Waals surface area contributed by atoms with Crippen molar-refractivity contribution in [1.29, 1.82) is 0 Å². The highest BCUT2D eigenvalue weighted by Gasteiger charge is 2.26. The highest BCUT2D eigenvalue weighted by atomic mass is 16.5. The summed E-state index contributed by atoms with van der Waals surface area (Å²) in [6.07, 6.45) is 7.46. The zero-order chi connectivity index (χ0) is 13.3. The molecule has 104 valence electrons. The molecule has 0 radical (unpaired) electrons. The van der Waals surface area contributed by atoms with Gasteiger partial charge in [-0.1, -0.05) is 18.6 Å². The normalized spacial score (nSPS) is 25.5. The number of ether oxygens (including phenoxy) is 1. The molecule has 3 rings (SSSR count). The van der Waals surface area contributed by atoms with E-state index < -0.39 is 0 Å². The number of aryl methyl sites for hydroxylation is 1. The lowest BCUT2D eigenvalue weighted by atomic mass is 9.91. The Hall–Kier alpha value is -1.02. The number of nitrogens with one attached hydrogen (secondary N) is 1. The number of benzene rings is 1. The molecule has 2 heterocycles. The van der Waals surface area contributed by atoms with Crippen LogP contribution in [0.2, 0.25) is 0 Å². The van der Waals surface area contributed by atoms with Gasteiger partial charge >= 0.3 is 0 Å². The third kappa shape index (κ3) is 3.11. The highest BCUT2D eigenvalue weighted by molar-refractivity contribution is 5.39. The third-order valence-corrected chi connectivity index (χ3v) is 4.40. The zero-order valence-corrected chi connectivity index (χ0v) is 12.2. The maximum absolute atomic E-state index is 6.05. The van der Waals surface area contributed by atoms with Gasteiger partial charge in [0.1, 0.15) is 11.4 Å². The smallest absolute Gasteiger partial charge is 0.123 e. The molecule has 2 aliphatic rings. The molecule has 1 saturated heterocycles. The van der Waals surface area contributed by atoms with Crippen molar-refractivity contribution in [3.8, 4) is 5.75 Å². The molecule has 1 unspecified atom stereocenters. The molecule has 1 atom stereocenters. The van der Waals surface area contributed by atoms with E-state index in [1.165, 1.54) is 36.9 Å². The summed E-state index contributed by atoms with van der Waals surface area (Å²) in [4.78, 5) is 0. The highest BCUT2D eigenvalue weighted by Crippen LogP contribution is 2.33. The van der Waals surface area contributed by atoms with Crippen molar-refractivity contribution in [2.75, 3.05) is 6.54 Å². The first-order valence-electron chi connectivity index (χ1n) is 7.67. The fourth-order valence-corrected chi connectivity index (χ4v) is 3.22. The Morgan fingerprint density at radius 2 is 2.21 bits per heavy atom. The predicted molar refractivity (Wildman–Crippen MR) is 78.8 cm³/mol. The number of hydrogen-bond donors (Lipinski definition) is 1. The van der Waals surface area contributed by atoms with Crippen molar-refractivity contribution in [2.24, 2.45) is 0 Å². The van der Waals surface area contributed by atoms with E-state index in [1.54, 1.807) is 0 Å². The summed E-state index contributed by atoms with van der Waals surface area (Å²) in [7, 11) is 0. The first kappa shape index (κ1) is 13.0. The van der Waals surface area contributed by atoms with Crippen LogP contribution in [0.15, 0.2) is 18.2 Å². The monoisotopic (exact) mass is 259 g/mol. The molecule has 0 aromatic heterocycles. The van der Waals surface area contributed by atoms with E-state index >= 15 is 0 Å². The number of fused-ring (bicyclic) bond motifs is 1. The summed E-state index contributed by atoms with van der Waals surface area (Å²) in [6.45, 7) is 5.54. The molecule has 0 bridgehead atoms. The Bertz CT molecular complexity index is 447. The molecule has 1 fully saturated rings. The minimum atomic E-state index is -0.000554. The van der Waals surface area contributed by atoms with Gasteiger partial charge in [-0.25, -0.2) is 0 Å². The standard InChI is InChI=1S/C17H25NO/c1-17(2)9-8-14-11-13(6-7-16(14)19-17)12-15-5-3-4-10-18-15/h6-7,11,15,18H,3-5,8-10,12H2,1-2H3. The van der Waals surface area contributed by atoms with Crippen LogP contribution >= 0.6 is 0 Å². The first-order chi connectivity index (χ1) is 9.12. The lowest BCUT2D eigenvalue weighted by Crippen LogP contribution is -2.35. The maximum atomic E-state index is 6.05. The molecule has 1 aromatic carbocycles. The van der Waals surface area contributed by atoms with Crippen LogP contribution < -0.4 is 10.1 Å². The molecule has 0 saturated carbocycles. The molecule has 2 heteroatoms. The van der Waals surface area contributed by atoms with E-state index in [2.05, 4.69) is 37.4 Å². The van der Waals surface area contributed by atoms with Gasteiger partial charge in [-0.05, 0) is 69.7 Å². The van der Waals surface area contributed by atoms with Gasteiger partial charge in [-0.3, -0.25) is 0 Å². The summed E-state index contributed by atoms with van der Waals surface area (Å²) >= 11 is 0. The van der Waals surface area contributed by atoms with Crippen molar-refractivity contribution < 1.29 is 4.74 Å². The number of rotatable bonds is 2. The van der Waals surface area contributed by atoms with Crippen LogP contribution in [0.3, 0.4) is 0 Å². The average Bonchev–Trinajstić information content (AvgIpc) is 2.39. The van der Waals surface area contributed by atoms with Crippen molar-refractivity contribution in [2.45, 2.75) is 64.0 Å². The predicted octanol–water partition coefficient (Wildman–Crippen LogP) is 3.47. The molecule has 1 aromatic rings. The quantitative estimate of drug-likeness (QED) is 0.878.